The molecule has 0 saturated heterocycles. The molecule has 4 rings (SSSR count). The van der Waals surface area contributed by atoms with Gasteiger partial charge in [-0.1, -0.05) is 36.4 Å². The highest BCUT2D eigenvalue weighted by atomic mass is 16.5. The van der Waals surface area contributed by atoms with Crippen LogP contribution in [0.15, 0.2) is 78.9 Å². The smallest absolute Gasteiger partial charge is 0.323 e. The highest BCUT2D eigenvalue weighted by molar-refractivity contribution is 6.01. The number of urea groups is 1. The fraction of sp³-hybridized carbons (Fsp3) is 0.160. The molecule has 0 saturated carbocycles. The van der Waals surface area contributed by atoms with Crippen LogP contribution in [0.25, 0.3) is 0 Å². The molecule has 0 aliphatic carbocycles. The van der Waals surface area contributed by atoms with E-state index >= 15 is 0 Å². The predicted molar refractivity (Wildman–Crippen MR) is 128 cm³/mol. The number of nitrogens with zero attached hydrogens (tertiary/aromatic N) is 1. The quantitative estimate of drug-likeness (QED) is 0.522. The first kappa shape index (κ1) is 21.9. The van der Waals surface area contributed by atoms with Crippen LogP contribution in [0.3, 0.4) is 0 Å². The lowest BCUT2D eigenvalue weighted by Gasteiger charge is -2.29. The number of para-hydroxylation sites is 3. The Morgan fingerprint density at radius 3 is 2.24 bits per heavy atom. The molecule has 4 amide bonds. The Hall–Kier alpha value is -4.33. The van der Waals surface area contributed by atoms with Gasteiger partial charge in [0.05, 0.1) is 12.2 Å². The molecule has 168 valence electrons. The molecule has 33 heavy (non-hydrogen) atoms. The number of carbonyl (C=O) groups is 3. The normalized spacial score (nSPS) is 12.2. The van der Waals surface area contributed by atoms with Gasteiger partial charge in [0, 0.05) is 29.9 Å². The first-order chi connectivity index (χ1) is 16.1. The third kappa shape index (κ3) is 5.88. The summed E-state index contributed by atoms with van der Waals surface area (Å²) in [5.74, 6) is 0.256. The van der Waals surface area contributed by atoms with E-state index in [-0.39, 0.29) is 30.7 Å². The Morgan fingerprint density at radius 2 is 1.42 bits per heavy atom. The van der Waals surface area contributed by atoms with E-state index in [9.17, 15) is 14.4 Å². The highest BCUT2D eigenvalue weighted by Gasteiger charge is 2.23. The van der Waals surface area contributed by atoms with Gasteiger partial charge in [-0.15, -0.1) is 0 Å². The molecule has 8 heteroatoms. The van der Waals surface area contributed by atoms with E-state index in [1.807, 2.05) is 42.5 Å². The van der Waals surface area contributed by atoms with E-state index in [1.165, 1.54) is 0 Å². The molecule has 3 aromatic rings. The monoisotopic (exact) mass is 444 g/mol. The van der Waals surface area contributed by atoms with Crippen LogP contribution < -0.4 is 25.6 Å². The molecular formula is C25H24N4O4. The summed E-state index contributed by atoms with van der Waals surface area (Å²) in [6.07, 6.45) is 0.127. The molecule has 0 spiro atoms. The maximum absolute atomic E-state index is 12.7. The maximum Gasteiger partial charge on any atom is 0.323 e. The summed E-state index contributed by atoms with van der Waals surface area (Å²) in [5, 5.41) is 8.24. The SMILES string of the molecule is O=C(CCC(=O)N1CCOc2ccccc21)Nc1cccc(NC(=O)Nc2ccccc2)c1. The van der Waals surface area contributed by atoms with Gasteiger partial charge in [0.25, 0.3) is 0 Å². The Morgan fingerprint density at radius 1 is 0.758 bits per heavy atom. The van der Waals surface area contributed by atoms with Crippen LogP contribution in [0.2, 0.25) is 0 Å². The number of ether oxygens (including phenoxy) is 1. The Bertz CT molecular complexity index is 1150. The number of rotatable bonds is 6. The molecule has 1 aliphatic heterocycles. The Balaban J connectivity index is 1.28. The van der Waals surface area contributed by atoms with Crippen LogP contribution in [0.4, 0.5) is 27.5 Å². The van der Waals surface area contributed by atoms with Crippen molar-refractivity contribution in [3.8, 4) is 5.75 Å². The number of hydrogen-bond acceptors (Lipinski definition) is 4. The minimum atomic E-state index is -0.388. The molecule has 0 unspecified atom stereocenters. The number of nitrogens with one attached hydrogen (secondary N) is 3. The van der Waals surface area contributed by atoms with Gasteiger partial charge in [0.2, 0.25) is 11.8 Å². The summed E-state index contributed by atoms with van der Waals surface area (Å²) >= 11 is 0. The zero-order valence-electron chi connectivity index (χ0n) is 17.9. The van der Waals surface area contributed by atoms with E-state index in [0.717, 1.165) is 5.69 Å². The van der Waals surface area contributed by atoms with Crippen molar-refractivity contribution in [2.75, 3.05) is 34.0 Å². The number of fused-ring (bicyclic) bond motifs is 1. The minimum absolute atomic E-state index is 0.0461. The Labute approximate surface area is 191 Å². The van der Waals surface area contributed by atoms with Gasteiger partial charge in [0.15, 0.2) is 0 Å². The molecule has 1 heterocycles. The van der Waals surface area contributed by atoms with Crippen molar-refractivity contribution in [1.29, 1.82) is 0 Å². The molecule has 0 atom stereocenters. The first-order valence-corrected chi connectivity index (χ1v) is 10.6. The molecule has 1 aliphatic rings. The van der Waals surface area contributed by atoms with Crippen molar-refractivity contribution < 1.29 is 19.1 Å². The molecular weight excluding hydrogens is 420 g/mol. The number of carbonyl (C=O) groups excluding carboxylic acids is 3. The van der Waals surface area contributed by atoms with Crippen molar-refractivity contribution in [3.05, 3.63) is 78.9 Å². The van der Waals surface area contributed by atoms with Crippen molar-refractivity contribution >= 4 is 40.6 Å². The van der Waals surface area contributed by atoms with Gasteiger partial charge in [-0.3, -0.25) is 9.59 Å². The molecule has 0 aromatic heterocycles. The Kier molecular flexibility index (Phi) is 6.84. The number of amides is 4. The summed E-state index contributed by atoms with van der Waals surface area (Å²) < 4.78 is 5.57. The van der Waals surface area contributed by atoms with Gasteiger partial charge in [0.1, 0.15) is 12.4 Å². The third-order valence-electron chi connectivity index (χ3n) is 5.03. The summed E-state index contributed by atoms with van der Waals surface area (Å²) in [4.78, 5) is 38.9. The average molecular weight is 444 g/mol. The lowest BCUT2D eigenvalue weighted by atomic mass is 10.2. The highest BCUT2D eigenvalue weighted by Crippen LogP contribution is 2.31. The van der Waals surface area contributed by atoms with Crippen LogP contribution in [-0.4, -0.2) is 31.0 Å². The second-order valence-corrected chi connectivity index (χ2v) is 7.44. The molecule has 3 aromatic carbocycles. The maximum atomic E-state index is 12.7. The van der Waals surface area contributed by atoms with E-state index < -0.39 is 0 Å². The van der Waals surface area contributed by atoms with E-state index in [4.69, 9.17) is 4.74 Å². The standard InChI is InChI=1S/C25H24N4O4/c30-23(13-14-24(31)29-15-16-33-22-12-5-4-11-21(22)29)26-19-9-6-10-20(17-19)28-25(32)27-18-7-2-1-3-8-18/h1-12,17H,13-16H2,(H,26,30)(H2,27,28,32). The van der Waals surface area contributed by atoms with Crippen molar-refractivity contribution in [3.63, 3.8) is 0 Å². The molecule has 0 radical (unpaired) electrons. The fourth-order valence-electron chi connectivity index (χ4n) is 3.50. The molecule has 0 bridgehead atoms. The number of benzene rings is 3. The second kappa shape index (κ2) is 10.3. The van der Waals surface area contributed by atoms with E-state index in [0.29, 0.717) is 36.0 Å². The largest absolute Gasteiger partial charge is 0.490 e. The summed E-state index contributed by atoms with van der Waals surface area (Å²) in [7, 11) is 0. The van der Waals surface area contributed by atoms with Crippen LogP contribution in [0, 0.1) is 0 Å². The lowest BCUT2D eigenvalue weighted by Crippen LogP contribution is -2.38. The van der Waals surface area contributed by atoms with Crippen molar-refractivity contribution in [2.45, 2.75) is 12.8 Å². The number of anilines is 4. The van der Waals surface area contributed by atoms with Crippen LogP contribution >= 0.6 is 0 Å². The fourth-order valence-corrected chi connectivity index (χ4v) is 3.50. The van der Waals surface area contributed by atoms with Gasteiger partial charge < -0.3 is 25.6 Å². The molecule has 3 N–H and O–H groups in total. The summed E-state index contributed by atoms with van der Waals surface area (Å²) in [5.41, 5.74) is 2.46. The first-order valence-electron chi connectivity index (χ1n) is 10.6. The van der Waals surface area contributed by atoms with Crippen LogP contribution in [-0.2, 0) is 9.59 Å². The average Bonchev–Trinajstić information content (AvgIpc) is 2.83. The summed E-state index contributed by atoms with van der Waals surface area (Å²) in [6.45, 7) is 0.878. The topological polar surface area (TPSA) is 99.8 Å². The predicted octanol–water partition coefficient (Wildman–Crippen LogP) is 4.47. The lowest BCUT2D eigenvalue weighted by molar-refractivity contribution is -0.122. The van der Waals surface area contributed by atoms with Crippen LogP contribution in [0.5, 0.6) is 5.75 Å². The second-order valence-electron chi connectivity index (χ2n) is 7.44. The minimum Gasteiger partial charge on any atom is -0.490 e. The molecule has 0 fully saturated rings. The van der Waals surface area contributed by atoms with Gasteiger partial charge >= 0.3 is 6.03 Å². The zero-order chi connectivity index (χ0) is 23.0. The number of hydrogen-bond donors (Lipinski definition) is 3. The van der Waals surface area contributed by atoms with E-state index in [2.05, 4.69) is 16.0 Å². The van der Waals surface area contributed by atoms with Crippen molar-refractivity contribution in [2.24, 2.45) is 0 Å². The summed E-state index contributed by atoms with van der Waals surface area (Å²) in [6, 6.07) is 22.9. The van der Waals surface area contributed by atoms with Crippen LogP contribution in [0.1, 0.15) is 12.8 Å². The van der Waals surface area contributed by atoms with E-state index in [1.54, 1.807) is 41.3 Å². The zero-order valence-corrected chi connectivity index (χ0v) is 17.9. The van der Waals surface area contributed by atoms with Gasteiger partial charge in [-0.05, 0) is 42.5 Å². The van der Waals surface area contributed by atoms with Gasteiger partial charge in [-0.25, -0.2) is 4.79 Å². The van der Waals surface area contributed by atoms with Gasteiger partial charge in [-0.2, -0.15) is 0 Å². The third-order valence-corrected chi connectivity index (χ3v) is 5.03. The molecule has 8 nitrogen and oxygen atoms in total. The van der Waals surface area contributed by atoms with Crippen molar-refractivity contribution in [1.82, 2.24) is 0 Å².